The molecule has 0 amide bonds. The first kappa shape index (κ1) is 18.9. The summed E-state index contributed by atoms with van der Waals surface area (Å²) < 4.78 is 10.4. The van der Waals surface area contributed by atoms with Gasteiger partial charge in [-0.15, -0.1) is 0 Å². The lowest BCUT2D eigenvalue weighted by Crippen LogP contribution is -2.09. The van der Waals surface area contributed by atoms with E-state index in [0.29, 0.717) is 6.29 Å². The summed E-state index contributed by atoms with van der Waals surface area (Å²) in [6.45, 7) is 0. The van der Waals surface area contributed by atoms with Crippen molar-refractivity contribution < 1.29 is 39.5 Å². The third-order valence-electron chi connectivity index (χ3n) is 3.83. The van der Waals surface area contributed by atoms with Crippen LogP contribution in [-0.2, 0) is 17.6 Å². The van der Waals surface area contributed by atoms with E-state index in [1.165, 1.54) is 20.3 Å². The van der Waals surface area contributed by atoms with E-state index in [9.17, 15) is 30.0 Å². The predicted octanol–water partition coefficient (Wildman–Crippen LogP) is 1.69. The van der Waals surface area contributed by atoms with Gasteiger partial charge in [-0.05, 0) is 0 Å². The van der Waals surface area contributed by atoms with Crippen molar-refractivity contribution in [3.05, 3.63) is 34.9 Å². The first-order valence-corrected chi connectivity index (χ1v) is 7.51. The lowest BCUT2D eigenvalue weighted by atomic mass is 9.96. The number of phenolic OH excluding ortho intramolecular Hbond substituents is 4. The highest BCUT2D eigenvalue weighted by molar-refractivity contribution is 6.03. The first-order chi connectivity index (χ1) is 12.3. The second-order valence-corrected chi connectivity index (χ2v) is 5.42. The number of hydrogen-bond acceptors (Lipinski definition) is 8. The number of carbonyl (C=O) groups is 2. The van der Waals surface area contributed by atoms with Gasteiger partial charge in [-0.1, -0.05) is 0 Å². The van der Waals surface area contributed by atoms with Crippen molar-refractivity contribution in [2.45, 2.75) is 12.8 Å². The number of carbonyl (C=O) groups excluding carboxylic acids is 2. The molecule has 0 saturated carbocycles. The summed E-state index contributed by atoms with van der Waals surface area (Å²) in [4.78, 5) is 23.5. The van der Waals surface area contributed by atoms with Gasteiger partial charge in [0, 0.05) is 42.2 Å². The number of methoxy groups -OCH3 is 2. The number of Topliss-reactive ketones (excluding diaryl/α,β-unsaturated/α-hetero) is 1. The van der Waals surface area contributed by atoms with Crippen LogP contribution in [0.25, 0.3) is 0 Å². The molecule has 2 aromatic carbocycles. The third kappa shape index (κ3) is 3.49. The number of ketones is 1. The van der Waals surface area contributed by atoms with Gasteiger partial charge in [0.15, 0.2) is 5.78 Å². The molecular formula is C18H18O8. The Balaban J connectivity index is 2.56. The van der Waals surface area contributed by atoms with E-state index >= 15 is 0 Å². The highest BCUT2D eigenvalue weighted by Gasteiger charge is 2.25. The van der Waals surface area contributed by atoms with Crippen LogP contribution in [0.2, 0.25) is 0 Å². The zero-order valence-electron chi connectivity index (χ0n) is 14.1. The van der Waals surface area contributed by atoms with Crippen LogP contribution in [0.15, 0.2) is 18.2 Å². The minimum atomic E-state index is -0.681. The Labute approximate surface area is 148 Å². The van der Waals surface area contributed by atoms with Crippen LogP contribution in [0.3, 0.4) is 0 Å². The Morgan fingerprint density at radius 2 is 1.58 bits per heavy atom. The van der Waals surface area contributed by atoms with Gasteiger partial charge in [-0.25, -0.2) is 0 Å². The van der Waals surface area contributed by atoms with Crippen molar-refractivity contribution in [1.82, 2.24) is 0 Å². The van der Waals surface area contributed by atoms with Crippen LogP contribution in [0.4, 0.5) is 0 Å². The summed E-state index contributed by atoms with van der Waals surface area (Å²) in [7, 11) is 2.64. The maximum atomic E-state index is 12.6. The molecule has 26 heavy (non-hydrogen) atoms. The molecule has 8 nitrogen and oxygen atoms in total. The molecule has 0 saturated heterocycles. The summed E-state index contributed by atoms with van der Waals surface area (Å²) in [5.74, 6) is -2.24. The fourth-order valence-corrected chi connectivity index (χ4v) is 2.72. The molecule has 0 aromatic heterocycles. The average molecular weight is 362 g/mol. The van der Waals surface area contributed by atoms with E-state index < -0.39 is 23.0 Å². The molecule has 0 unspecified atom stereocenters. The highest BCUT2D eigenvalue weighted by atomic mass is 16.5. The van der Waals surface area contributed by atoms with Crippen LogP contribution in [0.5, 0.6) is 34.5 Å². The molecule has 2 aromatic rings. The standard InChI is InChI=1S/C18H18O8/c1-25-16-8-12(21)10(3-4-19)18(26-2)11(16)7-15(24)17-13(22)5-9(20)6-14(17)23/h4-6,8,20-23H,3,7H2,1-2H3. The van der Waals surface area contributed by atoms with E-state index in [-0.39, 0.29) is 46.8 Å². The molecule has 0 radical (unpaired) electrons. The topological polar surface area (TPSA) is 134 Å². The van der Waals surface area contributed by atoms with Crippen LogP contribution in [0.1, 0.15) is 21.5 Å². The fourth-order valence-electron chi connectivity index (χ4n) is 2.72. The van der Waals surface area contributed by atoms with E-state index in [1.807, 2.05) is 0 Å². The second kappa shape index (κ2) is 7.64. The van der Waals surface area contributed by atoms with Crippen molar-refractivity contribution >= 4 is 12.1 Å². The number of aldehydes is 1. The van der Waals surface area contributed by atoms with E-state index in [2.05, 4.69) is 0 Å². The summed E-state index contributed by atoms with van der Waals surface area (Å²) >= 11 is 0. The normalized spacial score (nSPS) is 10.4. The molecule has 0 heterocycles. The van der Waals surface area contributed by atoms with Gasteiger partial charge in [0.05, 0.1) is 14.2 Å². The number of rotatable bonds is 7. The Bertz CT molecular complexity index is 834. The summed E-state index contributed by atoms with van der Waals surface area (Å²) in [5.41, 5.74) is 0.0451. The number of hydrogen-bond donors (Lipinski definition) is 4. The Morgan fingerprint density at radius 3 is 2.08 bits per heavy atom. The maximum absolute atomic E-state index is 12.6. The summed E-state index contributed by atoms with van der Waals surface area (Å²) in [6, 6.07) is 3.10. The molecule has 0 atom stereocenters. The van der Waals surface area contributed by atoms with Crippen molar-refractivity contribution in [2.75, 3.05) is 14.2 Å². The maximum Gasteiger partial charge on any atom is 0.174 e. The Kier molecular flexibility index (Phi) is 5.56. The Hall–Kier alpha value is -3.42. The zero-order valence-corrected chi connectivity index (χ0v) is 14.1. The van der Waals surface area contributed by atoms with Crippen molar-refractivity contribution in [3.63, 3.8) is 0 Å². The fraction of sp³-hybridized carbons (Fsp3) is 0.222. The van der Waals surface area contributed by atoms with Crippen LogP contribution >= 0.6 is 0 Å². The lowest BCUT2D eigenvalue weighted by molar-refractivity contribution is -0.107. The minimum absolute atomic E-state index is 0.0973. The van der Waals surface area contributed by atoms with Gasteiger partial charge >= 0.3 is 0 Å². The SMILES string of the molecule is COc1cc(O)c(CC=O)c(OC)c1CC(=O)c1c(O)cc(O)cc1O. The van der Waals surface area contributed by atoms with Gasteiger partial charge in [-0.3, -0.25) is 4.79 Å². The number of phenols is 4. The van der Waals surface area contributed by atoms with Crippen LogP contribution in [-0.4, -0.2) is 46.7 Å². The van der Waals surface area contributed by atoms with E-state index in [0.717, 1.165) is 12.1 Å². The van der Waals surface area contributed by atoms with Crippen LogP contribution < -0.4 is 9.47 Å². The molecule has 0 spiro atoms. The molecule has 0 aliphatic rings. The zero-order chi connectivity index (χ0) is 19.4. The predicted molar refractivity (Wildman–Crippen MR) is 90.4 cm³/mol. The third-order valence-corrected chi connectivity index (χ3v) is 3.83. The molecule has 0 bridgehead atoms. The van der Waals surface area contributed by atoms with Gasteiger partial charge in [0.2, 0.25) is 0 Å². The monoisotopic (exact) mass is 362 g/mol. The molecular weight excluding hydrogens is 344 g/mol. The largest absolute Gasteiger partial charge is 0.508 e. The first-order valence-electron chi connectivity index (χ1n) is 7.51. The molecule has 4 N–H and O–H groups in total. The average Bonchev–Trinajstić information content (AvgIpc) is 2.56. The number of ether oxygens (including phenoxy) is 2. The van der Waals surface area contributed by atoms with E-state index in [1.54, 1.807) is 0 Å². The summed E-state index contributed by atoms with van der Waals surface area (Å²) in [5, 5.41) is 39.1. The lowest BCUT2D eigenvalue weighted by Gasteiger charge is -2.17. The van der Waals surface area contributed by atoms with Gasteiger partial charge < -0.3 is 34.7 Å². The molecule has 0 aliphatic heterocycles. The van der Waals surface area contributed by atoms with Gasteiger partial charge in [-0.2, -0.15) is 0 Å². The molecule has 2 rings (SSSR count). The quantitative estimate of drug-likeness (QED) is 0.432. The van der Waals surface area contributed by atoms with Crippen molar-refractivity contribution in [1.29, 1.82) is 0 Å². The number of aromatic hydroxyl groups is 4. The molecule has 0 aliphatic carbocycles. The summed E-state index contributed by atoms with van der Waals surface area (Å²) in [6.07, 6.45) is 0.0769. The van der Waals surface area contributed by atoms with Gasteiger partial charge in [0.1, 0.15) is 46.3 Å². The molecule has 138 valence electrons. The smallest absolute Gasteiger partial charge is 0.174 e. The number of benzene rings is 2. The molecule has 0 fully saturated rings. The van der Waals surface area contributed by atoms with E-state index in [4.69, 9.17) is 9.47 Å². The van der Waals surface area contributed by atoms with Crippen molar-refractivity contribution in [2.24, 2.45) is 0 Å². The Morgan fingerprint density at radius 1 is 0.962 bits per heavy atom. The van der Waals surface area contributed by atoms with Gasteiger partial charge in [0.25, 0.3) is 0 Å². The second-order valence-electron chi connectivity index (χ2n) is 5.42. The molecule has 8 heteroatoms. The van der Waals surface area contributed by atoms with Crippen molar-refractivity contribution in [3.8, 4) is 34.5 Å². The van der Waals surface area contributed by atoms with Crippen LogP contribution in [0, 0.1) is 0 Å². The highest BCUT2D eigenvalue weighted by Crippen LogP contribution is 2.41. The minimum Gasteiger partial charge on any atom is -0.508 e.